The van der Waals surface area contributed by atoms with Gasteiger partial charge in [0.2, 0.25) is 0 Å². The third-order valence-electron chi connectivity index (χ3n) is 2.99. The number of nitrogens with two attached hydrogens (primary N) is 1. The highest BCUT2D eigenvalue weighted by Gasteiger charge is 2.11. The van der Waals surface area contributed by atoms with Crippen LogP contribution in [0.15, 0.2) is 23.2 Å². The van der Waals surface area contributed by atoms with Crippen molar-refractivity contribution in [2.45, 2.75) is 13.5 Å². The lowest BCUT2D eigenvalue weighted by Crippen LogP contribution is -2.42. The Hall–Kier alpha value is -0.500. The third-order valence-corrected chi connectivity index (χ3v) is 3.94. The number of hydrogen-bond acceptors (Lipinski definition) is 2. The molecule has 1 heterocycles. The molecule has 0 atom stereocenters. The van der Waals surface area contributed by atoms with E-state index in [1.165, 1.54) is 6.07 Å². The fraction of sp³-hybridized carbons (Fsp3) is 0.462. The van der Waals surface area contributed by atoms with Crippen LogP contribution in [0.5, 0.6) is 0 Å². The molecule has 1 saturated heterocycles. The first-order chi connectivity index (χ1) is 8.66. The Bertz CT molecular complexity index is 448. The van der Waals surface area contributed by atoms with Crippen molar-refractivity contribution in [3.05, 3.63) is 35.1 Å². The number of aliphatic imine (C=N–C) groups is 1. The first-order valence-electron chi connectivity index (χ1n) is 6.04. The molecule has 1 aliphatic rings. The fourth-order valence-electron chi connectivity index (χ4n) is 1.80. The predicted octanol–water partition coefficient (Wildman–Crippen LogP) is 2.62. The monoisotopic (exact) mass is 395 g/mol. The van der Waals surface area contributed by atoms with E-state index in [-0.39, 0.29) is 29.8 Å². The average Bonchev–Trinajstić information content (AvgIpc) is 2.41. The van der Waals surface area contributed by atoms with Crippen molar-refractivity contribution >= 4 is 41.7 Å². The van der Waals surface area contributed by atoms with Crippen molar-refractivity contribution in [2.75, 3.05) is 24.6 Å². The van der Waals surface area contributed by atoms with Gasteiger partial charge in [-0.1, -0.05) is 12.1 Å². The van der Waals surface area contributed by atoms with Crippen molar-refractivity contribution in [3.8, 4) is 0 Å². The van der Waals surface area contributed by atoms with Gasteiger partial charge in [-0.2, -0.15) is 11.8 Å². The molecular formula is C13H19FIN3S. The molecule has 2 rings (SSSR count). The molecule has 1 fully saturated rings. The van der Waals surface area contributed by atoms with E-state index >= 15 is 0 Å². The first-order valence-corrected chi connectivity index (χ1v) is 7.20. The van der Waals surface area contributed by atoms with E-state index in [1.807, 2.05) is 17.8 Å². The van der Waals surface area contributed by atoms with Gasteiger partial charge in [0.15, 0.2) is 5.96 Å². The Morgan fingerprint density at radius 2 is 2.11 bits per heavy atom. The van der Waals surface area contributed by atoms with Gasteiger partial charge in [-0.05, 0) is 24.1 Å². The van der Waals surface area contributed by atoms with Crippen LogP contribution in [0.2, 0.25) is 0 Å². The number of thioether (sulfide) groups is 1. The van der Waals surface area contributed by atoms with Gasteiger partial charge in [0.1, 0.15) is 5.82 Å². The maximum Gasteiger partial charge on any atom is 0.191 e. The summed E-state index contributed by atoms with van der Waals surface area (Å²) in [6, 6.07) is 5.19. The van der Waals surface area contributed by atoms with Crippen molar-refractivity contribution in [1.29, 1.82) is 0 Å². The number of benzene rings is 1. The molecule has 1 aromatic rings. The molecule has 0 unspecified atom stereocenters. The third kappa shape index (κ3) is 4.83. The van der Waals surface area contributed by atoms with Crippen LogP contribution in [-0.4, -0.2) is 35.5 Å². The number of nitrogens with zero attached hydrogens (tertiary/aromatic N) is 2. The van der Waals surface area contributed by atoms with Crippen LogP contribution < -0.4 is 5.73 Å². The smallest absolute Gasteiger partial charge is 0.191 e. The second-order valence-corrected chi connectivity index (χ2v) is 5.58. The number of aryl methyl sites for hydroxylation is 1. The maximum absolute atomic E-state index is 13.4. The Morgan fingerprint density at radius 1 is 1.42 bits per heavy atom. The molecule has 0 radical (unpaired) electrons. The summed E-state index contributed by atoms with van der Waals surface area (Å²) in [5.74, 6) is 2.57. The van der Waals surface area contributed by atoms with Crippen molar-refractivity contribution in [2.24, 2.45) is 10.7 Å². The van der Waals surface area contributed by atoms with Crippen molar-refractivity contribution in [3.63, 3.8) is 0 Å². The van der Waals surface area contributed by atoms with Gasteiger partial charge >= 0.3 is 0 Å². The topological polar surface area (TPSA) is 41.6 Å². The second-order valence-electron chi connectivity index (χ2n) is 4.36. The summed E-state index contributed by atoms with van der Waals surface area (Å²) < 4.78 is 13.4. The van der Waals surface area contributed by atoms with E-state index in [9.17, 15) is 4.39 Å². The van der Waals surface area contributed by atoms with Gasteiger partial charge in [0, 0.05) is 24.6 Å². The maximum atomic E-state index is 13.4. The molecule has 106 valence electrons. The van der Waals surface area contributed by atoms with E-state index in [4.69, 9.17) is 5.73 Å². The molecule has 2 N–H and O–H groups in total. The summed E-state index contributed by atoms with van der Waals surface area (Å²) in [5, 5.41) is 0. The Morgan fingerprint density at radius 3 is 2.74 bits per heavy atom. The number of hydrogen-bond donors (Lipinski definition) is 1. The van der Waals surface area contributed by atoms with Gasteiger partial charge in [0.05, 0.1) is 6.54 Å². The summed E-state index contributed by atoms with van der Waals surface area (Å²) in [4.78, 5) is 6.42. The molecule has 0 spiro atoms. The van der Waals surface area contributed by atoms with Gasteiger partial charge in [-0.25, -0.2) is 9.38 Å². The van der Waals surface area contributed by atoms with Crippen LogP contribution in [0.4, 0.5) is 4.39 Å². The van der Waals surface area contributed by atoms with Crippen LogP contribution in [0.3, 0.4) is 0 Å². The van der Waals surface area contributed by atoms with Crippen LogP contribution >= 0.6 is 35.7 Å². The minimum Gasteiger partial charge on any atom is -0.370 e. The quantitative estimate of drug-likeness (QED) is 0.476. The molecule has 0 bridgehead atoms. The Labute approximate surface area is 134 Å². The van der Waals surface area contributed by atoms with Crippen LogP contribution in [0, 0.1) is 12.7 Å². The molecule has 3 nitrogen and oxygen atoms in total. The van der Waals surface area contributed by atoms with Crippen LogP contribution in [0.25, 0.3) is 0 Å². The highest BCUT2D eigenvalue weighted by atomic mass is 127. The summed E-state index contributed by atoms with van der Waals surface area (Å²) in [7, 11) is 0. The highest BCUT2D eigenvalue weighted by molar-refractivity contribution is 14.0. The summed E-state index contributed by atoms with van der Waals surface area (Å²) >= 11 is 1.93. The lowest BCUT2D eigenvalue weighted by Gasteiger charge is -2.27. The number of halogens is 2. The van der Waals surface area contributed by atoms with E-state index < -0.39 is 0 Å². The van der Waals surface area contributed by atoms with Crippen molar-refractivity contribution < 1.29 is 4.39 Å². The fourth-order valence-corrected chi connectivity index (χ4v) is 2.70. The Balaban J connectivity index is 0.00000180. The van der Waals surface area contributed by atoms with E-state index in [0.717, 1.165) is 30.2 Å². The number of guanidine groups is 1. The lowest BCUT2D eigenvalue weighted by molar-refractivity contribution is 0.455. The zero-order chi connectivity index (χ0) is 13.0. The normalized spacial score (nSPS) is 16.1. The minimum atomic E-state index is -0.185. The molecule has 6 heteroatoms. The molecule has 1 aromatic carbocycles. The first kappa shape index (κ1) is 16.6. The molecule has 0 aromatic heterocycles. The van der Waals surface area contributed by atoms with Crippen LogP contribution in [-0.2, 0) is 6.54 Å². The van der Waals surface area contributed by atoms with Gasteiger partial charge in [0.25, 0.3) is 0 Å². The summed E-state index contributed by atoms with van der Waals surface area (Å²) in [5.41, 5.74) is 7.45. The van der Waals surface area contributed by atoms with E-state index in [0.29, 0.717) is 18.1 Å². The Kier molecular flexibility index (Phi) is 6.92. The molecule has 19 heavy (non-hydrogen) atoms. The molecule has 0 aliphatic carbocycles. The standard InChI is InChI=1S/C13H18FN3S.HI/c1-10-2-3-11(8-12(10)14)9-16-13(15)17-4-6-18-7-5-17;/h2-3,8H,4-7,9H2,1H3,(H2,15,16);1H. The zero-order valence-electron chi connectivity index (χ0n) is 10.9. The van der Waals surface area contributed by atoms with Gasteiger partial charge < -0.3 is 10.6 Å². The molecule has 0 amide bonds. The largest absolute Gasteiger partial charge is 0.370 e. The molecule has 0 saturated carbocycles. The van der Waals surface area contributed by atoms with Crippen LogP contribution in [0.1, 0.15) is 11.1 Å². The highest BCUT2D eigenvalue weighted by Crippen LogP contribution is 2.11. The molecular weight excluding hydrogens is 376 g/mol. The molecule has 1 aliphatic heterocycles. The predicted molar refractivity (Wildman–Crippen MR) is 90.8 cm³/mol. The average molecular weight is 395 g/mol. The van der Waals surface area contributed by atoms with Gasteiger partial charge in [-0.3, -0.25) is 0 Å². The SMILES string of the molecule is Cc1ccc(CN=C(N)N2CCSCC2)cc1F.I. The summed E-state index contributed by atoms with van der Waals surface area (Å²) in [6.07, 6.45) is 0. The van der Waals surface area contributed by atoms with E-state index in [2.05, 4.69) is 9.89 Å². The second kappa shape index (κ2) is 7.94. The minimum absolute atomic E-state index is 0. The zero-order valence-corrected chi connectivity index (χ0v) is 14.1. The summed E-state index contributed by atoms with van der Waals surface area (Å²) in [6.45, 7) is 4.08. The van der Waals surface area contributed by atoms with Gasteiger partial charge in [-0.15, -0.1) is 24.0 Å². The lowest BCUT2D eigenvalue weighted by atomic mass is 10.1. The van der Waals surface area contributed by atoms with E-state index in [1.54, 1.807) is 13.0 Å². The van der Waals surface area contributed by atoms with Crippen molar-refractivity contribution in [1.82, 2.24) is 4.90 Å². The number of rotatable bonds is 2.